The summed E-state index contributed by atoms with van der Waals surface area (Å²) in [6, 6.07) is 17.6. The molecule has 0 spiro atoms. The second-order valence-corrected chi connectivity index (χ2v) is 10.6. The van der Waals surface area contributed by atoms with Crippen LogP contribution in [0.1, 0.15) is 11.1 Å². The lowest BCUT2D eigenvalue weighted by atomic mass is 10.2. The number of imide groups is 1. The minimum atomic E-state index is -4.29. The van der Waals surface area contributed by atoms with Gasteiger partial charge in [0, 0.05) is 16.6 Å². The molecule has 178 valence electrons. The summed E-state index contributed by atoms with van der Waals surface area (Å²) in [5.74, 6) is -0.444. The average Bonchev–Trinajstić information content (AvgIpc) is 3.09. The molecule has 12 heteroatoms. The van der Waals surface area contributed by atoms with Crippen LogP contribution in [0.2, 0.25) is 0 Å². The zero-order valence-corrected chi connectivity index (χ0v) is 20.9. The fourth-order valence-corrected chi connectivity index (χ4v) is 5.35. The first-order valence-electron chi connectivity index (χ1n) is 9.92. The number of carbonyl (C=O) groups excluding carboxylic acids is 2. The molecule has 0 atom stereocenters. The van der Waals surface area contributed by atoms with E-state index in [0.29, 0.717) is 5.56 Å². The third-order valence-electron chi connectivity index (χ3n) is 4.86. The van der Waals surface area contributed by atoms with E-state index in [2.05, 4.69) is 15.9 Å². The summed E-state index contributed by atoms with van der Waals surface area (Å²) < 4.78 is 30.8. The zero-order chi connectivity index (χ0) is 25.2. The molecule has 1 aliphatic rings. The predicted octanol–water partition coefficient (Wildman–Crippen LogP) is 5.36. The highest BCUT2D eigenvalue weighted by Crippen LogP contribution is 2.34. The van der Waals surface area contributed by atoms with Crippen LogP contribution < -0.4 is 4.18 Å². The van der Waals surface area contributed by atoms with Gasteiger partial charge in [-0.25, -0.2) is 0 Å². The number of hydrogen-bond acceptors (Lipinski definition) is 8. The van der Waals surface area contributed by atoms with Gasteiger partial charge in [0.05, 0.1) is 16.4 Å². The highest BCUT2D eigenvalue weighted by molar-refractivity contribution is 9.10. The number of carbonyl (C=O) groups is 2. The van der Waals surface area contributed by atoms with Crippen LogP contribution in [0.25, 0.3) is 6.08 Å². The molecule has 4 rings (SSSR count). The Morgan fingerprint density at radius 2 is 1.74 bits per heavy atom. The van der Waals surface area contributed by atoms with Crippen LogP contribution in [-0.2, 0) is 21.5 Å². The van der Waals surface area contributed by atoms with Gasteiger partial charge >= 0.3 is 10.1 Å². The Morgan fingerprint density at radius 1 is 1.03 bits per heavy atom. The van der Waals surface area contributed by atoms with Crippen molar-refractivity contribution in [2.45, 2.75) is 11.4 Å². The summed E-state index contributed by atoms with van der Waals surface area (Å²) in [6.07, 6.45) is 1.53. The number of nitro groups is 1. The van der Waals surface area contributed by atoms with Crippen molar-refractivity contribution >= 4 is 60.7 Å². The monoisotopic (exact) mass is 574 g/mol. The van der Waals surface area contributed by atoms with E-state index in [9.17, 15) is 28.1 Å². The fraction of sp³-hybridized carbons (Fsp3) is 0.0435. The Hall–Kier alpha value is -3.48. The molecule has 0 aliphatic carbocycles. The molecule has 1 heterocycles. The maximum Gasteiger partial charge on any atom is 0.339 e. The van der Waals surface area contributed by atoms with Gasteiger partial charge in [-0.3, -0.25) is 24.6 Å². The van der Waals surface area contributed by atoms with Crippen LogP contribution in [0.4, 0.5) is 10.5 Å². The molecular formula is C23H15BrN2O7S2. The van der Waals surface area contributed by atoms with Gasteiger partial charge in [-0.15, -0.1) is 0 Å². The summed E-state index contributed by atoms with van der Waals surface area (Å²) in [5, 5.41) is 10.5. The van der Waals surface area contributed by atoms with E-state index in [1.165, 1.54) is 48.5 Å². The van der Waals surface area contributed by atoms with E-state index < -0.39 is 20.9 Å². The van der Waals surface area contributed by atoms with Crippen molar-refractivity contribution < 1.29 is 27.1 Å². The molecule has 1 fully saturated rings. The van der Waals surface area contributed by atoms with Crippen LogP contribution >= 0.6 is 27.7 Å². The second kappa shape index (κ2) is 10.0. The van der Waals surface area contributed by atoms with Gasteiger partial charge in [-0.2, -0.15) is 8.42 Å². The zero-order valence-electron chi connectivity index (χ0n) is 17.7. The quantitative estimate of drug-likeness (QED) is 0.160. The predicted molar refractivity (Wildman–Crippen MR) is 133 cm³/mol. The van der Waals surface area contributed by atoms with Gasteiger partial charge in [0.25, 0.3) is 16.8 Å². The van der Waals surface area contributed by atoms with Crippen molar-refractivity contribution in [1.82, 2.24) is 4.90 Å². The molecule has 9 nitrogen and oxygen atoms in total. The maximum atomic E-state index is 12.8. The Labute approximate surface area is 212 Å². The number of nitro benzene ring substituents is 1. The minimum Gasteiger partial charge on any atom is -0.379 e. The summed E-state index contributed by atoms with van der Waals surface area (Å²) in [7, 11) is -4.29. The molecule has 0 aromatic heterocycles. The van der Waals surface area contributed by atoms with E-state index in [1.807, 2.05) is 24.3 Å². The minimum absolute atomic E-state index is 0.0179. The Bertz CT molecular complexity index is 1470. The fourth-order valence-electron chi connectivity index (χ4n) is 3.13. The van der Waals surface area contributed by atoms with Gasteiger partial charge in [0.1, 0.15) is 10.6 Å². The summed E-state index contributed by atoms with van der Waals surface area (Å²) in [6.45, 7) is 0.131. The van der Waals surface area contributed by atoms with Gasteiger partial charge in [-0.1, -0.05) is 52.3 Å². The molecule has 3 aromatic rings. The number of nitrogens with zero attached hydrogens (tertiary/aromatic N) is 2. The van der Waals surface area contributed by atoms with Crippen molar-refractivity contribution in [2.75, 3.05) is 0 Å². The summed E-state index contributed by atoms with van der Waals surface area (Å²) in [5.41, 5.74) is 0.970. The SMILES string of the molecule is O=C1S/C(=C\c2ccc(OS(=O)(=O)c3cccc([N+](=O)[O-])c3)cc2)C(=O)N1Cc1ccccc1Br. The molecule has 0 radical (unpaired) electrons. The van der Waals surface area contributed by atoms with Crippen LogP contribution in [0.15, 0.2) is 87.1 Å². The molecule has 1 aliphatic heterocycles. The molecule has 0 unspecified atom stereocenters. The number of halogens is 1. The Kier molecular flexibility index (Phi) is 7.05. The molecule has 0 saturated carbocycles. The number of non-ortho nitro benzene ring substituents is 1. The number of thioether (sulfide) groups is 1. The van der Waals surface area contributed by atoms with Crippen molar-refractivity contribution in [1.29, 1.82) is 0 Å². The lowest BCUT2D eigenvalue weighted by Gasteiger charge is -2.13. The number of amides is 2. The Balaban J connectivity index is 1.48. The van der Waals surface area contributed by atoms with Gasteiger partial charge in [0.2, 0.25) is 0 Å². The highest BCUT2D eigenvalue weighted by Gasteiger charge is 2.35. The maximum absolute atomic E-state index is 12.8. The molecule has 35 heavy (non-hydrogen) atoms. The van der Waals surface area contributed by atoms with Crippen molar-refractivity contribution in [2.24, 2.45) is 0 Å². The van der Waals surface area contributed by atoms with Crippen molar-refractivity contribution in [3.05, 3.63) is 103 Å². The molecule has 3 aromatic carbocycles. The first-order chi connectivity index (χ1) is 16.6. The normalized spacial score (nSPS) is 15.0. The van der Waals surface area contributed by atoms with Crippen LogP contribution in [0.5, 0.6) is 5.75 Å². The van der Waals surface area contributed by atoms with Crippen LogP contribution in [-0.4, -0.2) is 29.4 Å². The standard InChI is InChI=1S/C23H15BrN2O7S2/c24-20-7-2-1-4-16(20)14-25-22(27)21(34-23(25)28)12-15-8-10-18(11-9-15)33-35(31,32)19-6-3-5-17(13-19)26(29)30/h1-13H,14H2/b21-12-. The van der Waals surface area contributed by atoms with Crippen LogP contribution in [0.3, 0.4) is 0 Å². The van der Waals surface area contributed by atoms with E-state index in [-0.39, 0.29) is 33.0 Å². The third kappa shape index (κ3) is 5.61. The lowest BCUT2D eigenvalue weighted by Crippen LogP contribution is -2.27. The van der Waals surface area contributed by atoms with E-state index in [4.69, 9.17) is 4.18 Å². The van der Waals surface area contributed by atoms with Crippen molar-refractivity contribution in [3.8, 4) is 5.75 Å². The third-order valence-corrected chi connectivity index (χ3v) is 7.78. The first kappa shape index (κ1) is 24.6. The topological polar surface area (TPSA) is 124 Å². The summed E-state index contributed by atoms with van der Waals surface area (Å²) in [4.78, 5) is 36.4. The highest BCUT2D eigenvalue weighted by atomic mass is 79.9. The first-order valence-corrected chi connectivity index (χ1v) is 12.9. The van der Waals surface area contributed by atoms with Gasteiger partial charge in [-0.05, 0) is 53.2 Å². The van der Waals surface area contributed by atoms with Crippen molar-refractivity contribution in [3.63, 3.8) is 0 Å². The molecule has 2 amide bonds. The smallest absolute Gasteiger partial charge is 0.339 e. The van der Waals surface area contributed by atoms with Gasteiger partial charge in [0.15, 0.2) is 0 Å². The van der Waals surface area contributed by atoms with E-state index in [0.717, 1.165) is 32.8 Å². The molecule has 0 N–H and O–H groups in total. The average molecular weight is 575 g/mol. The molecule has 1 saturated heterocycles. The van der Waals surface area contributed by atoms with E-state index >= 15 is 0 Å². The largest absolute Gasteiger partial charge is 0.379 e. The van der Waals surface area contributed by atoms with E-state index in [1.54, 1.807) is 0 Å². The van der Waals surface area contributed by atoms with Gasteiger partial charge < -0.3 is 4.18 Å². The Morgan fingerprint density at radius 3 is 2.43 bits per heavy atom. The number of benzene rings is 3. The second-order valence-electron chi connectivity index (χ2n) is 7.22. The molecule has 0 bridgehead atoms. The lowest BCUT2D eigenvalue weighted by molar-refractivity contribution is -0.385. The van der Waals surface area contributed by atoms with Crippen LogP contribution in [0, 0.1) is 10.1 Å². The number of rotatable bonds is 7. The molecular weight excluding hydrogens is 560 g/mol. The summed E-state index contributed by atoms with van der Waals surface area (Å²) >= 11 is 4.23. The number of hydrogen-bond donors (Lipinski definition) is 0.